The third-order valence-electron chi connectivity index (χ3n) is 3.11. The molecule has 0 saturated heterocycles. The van der Waals surface area contributed by atoms with Crippen LogP contribution in [0.4, 0.5) is 0 Å². The highest BCUT2D eigenvalue weighted by atomic mass is 32.1. The molecule has 1 N–H and O–H groups in total. The number of rotatable bonds is 1. The Labute approximate surface area is 97.6 Å². The maximum absolute atomic E-state index is 9.95. The SMILES string of the molecule is Cc1cc2c(n1-c1nncs1)CCCC2O. The van der Waals surface area contributed by atoms with Crippen LogP contribution in [0, 0.1) is 6.92 Å². The lowest BCUT2D eigenvalue weighted by Crippen LogP contribution is -2.11. The second-order valence-corrected chi connectivity index (χ2v) is 4.96. The number of fused-ring (bicyclic) bond motifs is 1. The smallest absolute Gasteiger partial charge is 0.216 e. The van der Waals surface area contributed by atoms with E-state index in [1.807, 2.05) is 6.92 Å². The molecular weight excluding hydrogens is 222 g/mol. The summed E-state index contributed by atoms with van der Waals surface area (Å²) in [5.41, 5.74) is 5.13. The van der Waals surface area contributed by atoms with Crippen molar-refractivity contribution in [2.45, 2.75) is 32.3 Å². The van der Waals surface area contributed by atoms with Crippen LogP contribution in [0.25, 0.3) is 5.13 Å². The number of aliphatic hydroxyl groups is 1. The van der Waals surface area contributed by atoms with E-state index in [0.29, 0.717) is 0 Å². The van der Waals surface area contributed by atoms with E-state index in [2.05, 4.69) is 20.8 Å². The van der Waals surface area contributed by atoms with Crippen molar-refractivity contribution in [2.75, 3.05) is 0 Å². The average molecular weight is 235 g/mol. The molecular formula is C11H13N3OS. The predicted octanol–water partition coefficient (Wildman–Crippen LogP) is 2.01. The molecule has 0 radical (unpaired) electrons. The number of hydrogen-bond acceptors (Lipinski definition) is 4. The molecule has 0 aromatic carbocycles. The van der Waals surface area contributed by atoms with Gasteiger partial charge in [0.1, 0.15) is 5.51 Å². The van der Waals surface area contributed by atoms with Crippen LogP contribution in [0.2, 0.25) is 0 Å². The molecule has 3 rings (SSSR count). The number of nitrogens with zero attached hydrogens (tertiary/aromatic N) is 3. The van der Waals surface area contributed by atoms with E-state index in [9.17, 15) is 5.11 Å². The maximum atomic E-state index is 9.95. The highest BCUT2D eigenvalue weighted by Gasteiger charge is 2.24. The van der Waals surface area contributed by atoms with Crippen LogP contribution >= 0.6 is 11.3 Å². The van der Waals surface area contributed by atoms with Crippen molar-refractivity contribution in [1.29, 1.82) is 0 Å². The Morgan fingerprint density at radius 3 is 3.19 bits per heavy atom. The lowest BCUT2D eigenvalue weighted by atomic mass is 9.95. The summed E-state index contributed by atoms with van der Waals surface area (Å²) in [5, 5.41) is 18.8. The van der Waals surface area contributed by atoms with Gasteiger partial charge in [-0.25, -0.2) is 0 Å². The third kappa shape index (κ3) is 1.39. The Bertz CT molecular complexity index is 504. The van der Waals surface area contributed by atoms with E-state index in [0.717, 1.165) is 35.7 Å². The van der Waals surface area contributed by atoms with Crippen LogP contribution in [0.5, 0.6) is 0 Å². The van der Waals surface area contributed by atoms with Gasteiger partial charge in [0.15, 0.2) is 0 Å². The van der Waals surface area contributed by atoms with Crippen molar-refractivity contribution in [3.05, 3.63) is 28.5 Å². The van der Waals surface area contributed by atoms with Gasteiger partial charge in [-0.3, -0.25) is 4.57 Å². The molecule has 84 valence electrons. The van der Waals surface area contributed by atoms with E-state index < -0.39 is 0 Å². The molecule has 1 aliphatic rings. The van der Waals surface area contributed by atoms with Gasteiger partial charge in [-0.05, 0) is 32.3 Å². The Balaban J connectivity index is 2.19. The Morgan fingerprint density at radius 2 is 2.44 bits per heavy atom. The van der Waals surface area contributed by atoms with Crippen LogP contribution in [-0.2, 0) is 6.42 Å². The first-order valence-corrected chi connectivity index (χ1v) is 6.31. The summed E-state index contributed by atoms with van der Waals surface area (Å²) in [6, 6.07) is 2.07. The normalized spacial score (nSPS) is 19.8. The van der Waals surface area contributed by atoms with E-state index in [1.165, 1.54) is 17.0 Å². The molecule has 1 unspecified atom stereocenters. The Kier molecular flexibility index (Phi) is 2.29. The molecule has 5 heteroatoms. The number of aliphatic hydroxyl groups excluding tert-OH is 1. The van der Waals surface area contributed by atoms with Crippen LogP contribution in [0.3, 0.4) is 0 Å². The molecule has 2 aromatic heterocycles. The van der Waals surface area contributed by atoms with Gasteiger partial charge < -0.3 is 5.11 Å². The molecule has 0 spiro atoms. The molecule has 1 aliphatic carbocycles. The summed E-state index contributed by atoms with van der Waals surface area (Å²) in [6.45, 7) is 2.05. The van der Waals surface area contributed by atoms with Crippen molar-refractivity contribution >= 4 is 11.3 Å². The van der Waals surface area contributed by atoms with Gasteiger partial charge in [-0.15, -0.1) is 10.2 Å². The van der Waals surface area contributed by atoms with E-state index in [-0.39, 0.29) is 6.10 Å². The highest BCUT2D eigenvalue weighted by Crippen LogP contribution is 2.34. The van der Waals surface area contributed by atoms with Crippen molar-refractivity contribution < 1.29 is 5.11 Å². The van der Waals surface area contributed by atoms with Gasteiger partial charge in [0.25, 0.3) is 0 Å². The number of hydrogen-bond donors (Lipinski definition) is 1. The van der Waals surface area contributed by atoms with E-state index in [4.69, 9.17) is 0 Å². The summed E-state index contributed by atoms with van der Waals surface area (Å²) in [4.78, 5) is 0. The van der Waals surface area contributed by atoms with Crippen molar-refractivity contribution in [3.63, 3.8) is 0 Å². The summed E-state index contributed by atoms with van der Waals surface area (Å²) in [6.07, 6.45) is 2.61. The lowest BCUT2D eigenvalue weighted by molar-refractivity contribution is 0.156. The fourth-order valence-corrected chi connectivity index (χ4v) is 3.05. The van der Waals surface area contributed by atoms with Gasteiger partial charge in [0.05, 0.1) is 6.10 Å². The first-order valence-electron chi connectivity index (χ1n) is 5.43. The fraction of sp³-hybridized carbons (Fsp3) is 0.455. The number of aryl methyl sites for hydroxylation is 1. The monoisotopic (exact) mass is 235 g/mol. The molecule has 2 heterocycles. The van der Waals surface area contributed by atoms with Gasteiger partial charge in [0.2, 0.25) is 5.13 Å². The fourth-order valence-electron chi connectivity index (χ4n) is 2.41. The molecule has 0 saturated carbocycles. The largest absolute Gasteiger partial charge is 0.388 e. The van der Waals surface area contributed by atoms with Crippen LogP contribution in [0.1, 0.15) is 35.9 Å². The molecule has 0 fully saturated rings. The minimum absolute atomic E-state index is 0.309. The highest BCUT2D eigenvalue weighted by molar-refractivity contribution is 7.11. The molecule has 4 nitrogen and oxygen atoms in total. The van der Waals surface area contributed by atoms with Crippen LogP contribution in [-0.4, -0.2) is 19.9 Å². The Hall–Kier alpha value is -1.20. The van der Waals surface area contributed by atoms with Gasteiger partial charge in [-0.1, -0.05) is 11.3 Å². The van der Waals surface area contributed by atoms with Gasteiger partial charge in [-0.2, -0.15) is 0 Å². The maximum Gasteiger partial charge on any atom is 0.216 e. The first kappa shape index (κ1) is 9.99. The second kappa shape index (κ2) is 3.68. The lowest BCUT2D eigenvalue weighted by Gasteiger charge is -2.19. The zero-order chi connectivity index (χ0) is 11.1. The van der Waals surface area contributed by atoms with Crippen molar-refractivity contribution in [2.24, 2.45) is 0 Å². The van der Waals surface area contributed by atoms with Crippen molar-refractivity contribution in [3.8, 4) is 5.13 Å². The molecule has 0 bridgehead atoms. The molecule has 16 heavy (non-hydrogen) atoms. The predicted molar refractivity (Wildman–Crippen MR) is 61.9 cm³/mol. The van der Waals surface area contributed by atoms with E-state index >= 15 is 0 Å². The zero-order valence-corrected chi connectivity index (χ0v) is 9.87. The molecule has 2 aromatic rings. The minimum Gasteiger partial charge on any atom is -0.388 e. The summed E-state index contributed by atoms with van der Waals surface area (Å²) in [5.74, 6) is 0. The van der Waals surface area contributed by atoms with Gasteiger partial charge >= 0.3 is 0 Å². The minimum atomic E-state index is -0.309. The van der Waals surface area contributed by atoms with Crippen LogP contribution in [0.15, 0.2) is 11.6 Å². The summed E-state index contributed by atoms with van der Waals surface area (Å²) >= 11 is 1.53. The first-order chi connectivity index (χ1) is 7.77. The average Bonchev–Trinajstić information content (AvgIpc) is 2.85. The summed E-state index contributed by atoms with van der Waals surface area (Å²) < 4.78 is 2.12. The standard InChI is InChI=1S/C11H13N3OS/c1-7-5-8-9(3-2-4-10(8)15)14(7)11-13-12-6-16-11/h5-6,10,15H,2-4H2,1H3. The molecule has 0 amide bonds. The van der Waals surface area contributed by atoms with Gasteiger partial charge in [0, 0.05) is 17.0 Å². The number of aromatic nitrogens is 3. The topological polar surface area (TPSA) is 50.9 Å². The second-order valence-electron chi connectivity index (χ2n) is 4.15. The summed E-state index contributed by atoms with van der Waals surface area (Å²) in [7, 11) is 0. The zero-order valence-electron chi connectivity index (χ0n) is 9.05. The Morgan fingerprint density at radius 1 is 1.56 bits per heavy atom. The quantitative estimate of drug-likeness (QED) is 0.822. The van der Waals surface area contributed by atoms with Crippen molar-refractivity contribution in [1.82, 2.24) is 14.8 Å². The third-order valence-corrected chi connectivity index (χ3v) is 3.78. The molecule has 1 atom stereocenters. The van der Waals surface area contributed by atoms with Crippen LogP contribution < -0.4 is 0 Å². The molecule has 0 aliphatic heterocycles. The van der Waals surface area contributed by atoms with E-state index in [1.54, 1.807) is 5.51 Å².